The van der Waals surface area contributed by atoms with Gasteiger partial charge in [-0.05, 0) is 62.4 Å². The number of nitrogens with zero attached hydrogens (tertiary/aromatic N) is 1. The highest BCUT2D eigenvalue weighted by Gasteiger charge is 2.40. The number of nitrogen functional groups attached to an aromatic ring is 1. The molecule has 0 aromatic heterocycles. The predicted molar refractivity (Wildman–Crippen MR) is 128 cm³/mol. The van der Waals surface area contributed by atoms with Crippen molar-refractivity contribution >= 4 is 11.6 Å². The molecule has 1 amide bonds. The van der Waals surface area contributed by atoms with Crippen LogP contribution < -0.4 is 16.4 Å². The van der Waals surface area contributed by atoms with Gasteiger partial charge in [0, 0.05) is 36.1 Å². The Morgan fingerprint density at radius 1 is 1.19 bits per heavy atom. The molecule has 5 N–H and O–H groups in total. The fraction of sp³-hybridized carbons (Fsp3) is 0.423. The molecule has 32 heavy (non-hydrogen) atoms. The molecule has 4 rings (SSSR count). The Morgan fingerprint density at radius 2 is 1.91 bits per heavy atom. The Balaban J connectivity index is 1.17. The highest BCUT2D eigenvalue weighted by molar-refractivity contribution is 5.94. The molecule has 0 atom stereocenters. The van der Waals surface area contributed by atoms with E-state index in [1.807, 2.05) is 55.5 Å². The molecule has 170 valence electrons. The second-order valence-corrected chi connectivity index (χ2v) is 9.34. The molecule has 0 spiro atoms. The molecule has 2 aliphatic rings. The number of amides is 1. The van der Waals surface area contributed by atoms with Crippen molar-refractivity contribution in [3.8, 4) is 0 Å². The van der Waals surface area contributed by atoms with E-state index in [0.29, 0.717) is 29.9 Å². The van der Waals surface area contributed by atoms with E-state index < -0.39 is 5.60 Å². The summed E-state index contributed by atoms with van der Waals surface area (Å²) in [6.45, 7) is 8.39. The van der Waals surface area contributed by atoms with E-state index in [-0.39, 0.29) is 5.91 Å². The van der Waals surface area contributed by atoms with Gasteiger partial charge in [-0.3, -0.25) is 9.69 Å². The van der Waals surface area contributed by atoms with Crippen LogP contribution in [0.25, 0.3) is 0 Å². The fourth-order valence-corrected chi connectivity index (χ4v) is 4.88. The van der Waals surface area contributed by atoms with Crippen molar-refractivity contribution in [3.63, 3.8) is 0 Å². The normalized spacial score (nSPS) is 23.9. The van der Waals surface area contributed by atoms with Gasteiger partial charge in [0.15, 0.2) is 0 Å². The molecule has 2 fully saturated rings. The van der Waals surface area contributed by atoms with E-state index in [2.05, 4.69) is 22.1 Å². The topological polar surface area (TPSA) is 90.6 Å². The van der Waals surface area contributed by atoms with Crippen LogP contribution in [0.15, 0.2) is 60.8 Å². The number of rotatable bonds is 7. The molecule has 6 heteroatoms. The van der Waals surface area contributed by atoms with Crippen LogP contribution in [0.4, 0.5) is 5.69 Å². The van der Waals surface area contributed by atoms with Crippen molar-refractivity contribution in [1.29, 1.82) is 0 Å². The Labute approximate surface area is 190 Å². The number of carbonyl (C=O) groups excluding carboxylic acids is 1. The molecule has 1 saturated heterocycles. The molecule has 0 bridgehead atoms. The zero-order valence-electron chi connectivity index (χ0n) is 18.8. The van der Waals surface area contributed by atoms with Crippen molar-refractivity contribution in [2.24, 2.45) is 0 Å². The quantitative estimate of drug-likeness (QED) is 0.503. The first-order valence-electron chi connectivity index (χ1n) is 11.4. The lowest BCUT2D eigenvalue weighted by Crippen LogP contribution is -2.62. The van der Waals surface area contributed by atoms with E-state index >= 15 is 0 Å². The zero-order valence-corrected chi connectivity index (χ0v) is 18.8. The first-order valence-corrected chi connectivity index (χ1v) is 11.4. The Kier molecular flexibility index (Phi) is 6.53. The van der Waals surface area contributed by atoms with Crippen LogP contribution in [0.3, 0.4) is 0 Å². The van der Waals surface area contributed by atoms with E-state index in [9.17, 15) is 9.90 Å². The van der Waals surface area contributed by atoms with Crippen LogP contribution >= 0.6 is 0 Å². The van der Waals surface area contributed by atoms with Gasteiger partial charge in [0.2, 0.25) is 0 Å². The van der Waals surface area contributed by atoms with Crippen molar-refractivity contribution in [1.82, 2.24) is 15.5 Å². The van der Waals surface area contributed by atoms with E-state index in [1.54, 1.807) is 0 Å². The molecule has 1 saturated carbocycles. The highest BCUT2D eigenvalue weighted by atomic mass is 16.3. The molecule has 0 radical (unpaired) electrons. The molecular weight excluding hydrogens is 400 g/mol. The molecule has 1 heterocycles. The number of anilines is 1. The lowest BCUT2D eigenvalue weighted by Gasteiger charge is -2.48. The molecule has 2 aromatic rings. The largest absolute Gasteiger partial charge is 0.399 e. The van der Waals surface area contributed by atoms with Gasteiger partial charge in [-0.15, -0.1) is 0 Å². The smallest absolute Gasteiger partial charge is 0.251 e. The van der Waals surface area contributed by atoms with Crippen molar-refractivity contribution < 1.29 is 9.90 Å². The maximum atomic E-state index is 12.3. The standard InChI is InChI=1S/C26H34N4O2/c1-18-5-3-6-20(13-18)25(31)28-15-19(2)29-23-16-30(17-23)24-9-11-26(32,12-10-24)21-7-4-8-22(27)14-21/h3-8,13-14,23-24,29,32H,2,9-12,15-17,27H2,1H3,(H,28,31)/t24-,26-. The number of likely N-dealkylation sites (tertiary alicyclic amines) is 1. The predicted octanol–water partition coefficient (Wildman–Crippen LogP) is 2.92. The molecule has 1 aliphatic heterocycles. The van der Waals surface area contributed by atoms with Crippen molar-refractivity contribution in [2.45, 2.75) is 50.3 Å². The number of hydrogen-bond acceptors (Lipinski definition) is 5. The minimum atomic E-state index is -0.766. The zero-order chi connectivity index (χ0) is 22.7. The first-order chi connectivity index (χ1) is 15.3. The van der Waals surface area contributed by atoms with Gasteiger partial charge in [-0.2, -0.15) is 0 Å². The molecule has 2 aromatic carbocycles. The van der Waals surface area contributed by atoms with Gasteiger partial charge in [0.1, 0.15) is 0 Å². The number of carbonyl (C=O) groups is 1. The molecule has 0 unspecified atom stereocenters. The number of benzene rings is 2. The minimum absolute atomic E-state index is 0.0817. The van der Waals surface area contributed by atoms with Gasteiger partial charge in [0.25, 0.3) is 5.91 Å². The number of nitrogens with two attached hydrogens (primary N) is 1. The average molecular weight is 435 g/mol. The summed E-state index contributed by atoms with van der Waals surface area (Å²) in [5, 5.41) is 17.5. The van der Waals surface area contributed by atoms with E-state index in [4.69, 9.17) is 5.73 Å². The lowest BCUT2D eigenvalue weighted by atomic mass is 9.76. The summed E-state index contributed by atoms with van der Waals surface area (Å²) in [5.41, 5.74) is 9.34. The van der Waals surface area contributed by atoms with Gasteiger partial charge in [-0.25, -0.2) is 0 Å². The van der Waals surface area contributed by atoms with Crippen molar-refractivity contribution in [3.05, 3.63) is 77.5 Å². The van der Waals surface area contributed by atoms with Crippen molar-refractivity contribution in [2.75, 3.05) is 25.4 Å². The van der Waals surface area contributed by atoms with Gasteiger partial charge >= 0.3 is 0 Å². The van der Waals surface area contributed by atoms with Gasteiger partial charge in [-0.1, -0.05) is 36.4 Å². The van der Waals surface area contributed by atoms with Gasteiger partial charge in [0.05, 0.1) is 18.2 Å². The summed E-state index contributed by atoms with van der Waals surface area (Å²) in [7, 11) is 0. The molecule has 1 aliphatic carbocycles. The summed E-state index contributed by atoms with van der Waals surface area (Å²) in [6, 6.07) is 16.1. The number of aryl methyl sites for hydroxylation is 1. The monoisotopic (exact) mass is 434 g/mol. The van der Waals surface area contributed by atoms with Crippen LogP contribution in [-0.2, 0) is 5.60 Å². The second kappa shape index (κ2) is 9.35. The summed E-state index contributed by atoms with van der Waals surface area (Å²) in [6.07, 6.45) is 3.47. The van der Waals surface area contributed by atoms with E-state index in [1.165, 1.54) is 0 Å². The third kappa shape index (κ3) is 5.14. The van der Waals surface area contributed by atoms with Crippen LogP contribution in [0, 0.1) is 6.92 Å². The summed E-state index contributed by atoms with van der Waals surface area (Å²) in [4.78, 5) is 14.8. The van der Waals surface area contributed by atoms with Crippen LogP contribution in [0.1, 0.15) is 47.2 Å². The summed E-state index contributed by atoms with van der Waals surface area (Å²) >= 11 is 0. The number of nitrogens with one attached hydrogen (secondary N) is 2. The third-order valence-electron chi connectivity index (χ3n) is 6.78. The summed E-state index contributed by atoms with van der Waals surface area (Å²) in [5.74, 6) is -0.0817. The number of hydrogen-bond donors (Lipinski definition) is 4. The highest BCUT2D eigenvalue weighted by Crippen LogP contribution is 2.39. The Morgan fingerprint density at radius 3 is 2.59 bits per heavy atom. The van der Waals surface area contributed by atoms with Gasteiger partial charge < -0.3 is 21.5 Å². The first kappa shape index (κ1) is 22.4. The number of aliphatic hydroxyl groups is 1. The van der Waals surface area contributed by atoms with Crippen LogP contribution in [0.5, 0.6) is 0 Å². The third-order valence-corrected chi connectivity index (χ3v) is 6.78. The van der Waals surface area contributed by atoms with E-state index in [0.717, 1.165) is 55.6 Å². The fourth-order valence-electron chi connectivity index (χ4n) is 4.88. The van der Waals surface area contributed by atoms with Crippen LogP contribution in [0.2, 0.25) is 0 Å². The molecule has 6 nitrogen and oxygen atoms in total. The Bertz CT molecular complexity index is 975. The summed E-state index contributed by atoms with van der Waals surface area (Å²) < 4.78 is 0. The lowest BCUT2D eigenvalue weighted by molar-refractivity contribution is -0.0395. The second-order valence-electron chi connectivity index (χ2n) is 9.34. The van der Waals surface area contributed by atoms with Crippen LogP contribution in [-0.4, -0.2) is 47.6 Å². The SMILES string of the molecule is C=C(CNC(=O)c1cccc(C)c1)NC1CN([C@H]2CC[C@@](O)(c3cccc(N)c3)CC2)C1. The average Bonchev–Trinajstić information content (AvgIpc) is 2.75. The maximum Gasteiger partial charge on any atom is 0.251 e. The minimum Gasteiger partial charge on any atom is -0.399 e. The maximum absolute atomic E-state index is 12.3. The Hall–Kier alpha value is -2.83. The molecular formula is C26H34N4O2.